The van der Waals surface area contributed by atoms with Gasteiger partial charge in [0.25, 0.3) is 5.91 Å². The van der Waals surface area contributed by atoms with Gasteiger partial charge in [0.2, 0.25) is 0 Å². The maximum absolute atomic E-state index is 12.5. The topological polar surface area (TPSA) is 121 Å². The van der Waals surface area contributed by atoms with E-state index >= 15 is 0 Å². The molecular weight excluding hydrogens is 416 g/mol. The summed E-state index contributed by atoms with van der Waals surface area (Å²) in [7, 11) is 1.54. The molecule has 0 aliphatic rings. The molecule has 4 rings (SSSR count). The number of rotatable bonds is 9. The highest BCUT2D eigenvalue weighted by atomic mass is 16.5. The van der Waals surface area contributed by atoms with Crippen LogP contribution in [0.2, 0.25) is 0 Å². The number of carbonyl (C=O) groups excluding carboxylic acids is 1. The molecule has 8 nitrogen and oxygen atoms in total. The van der Waals surface area contributed by atoms with Crippen molar-refractivity contribution in [1.29, 1.82) is 0 Å². The van der Waals surface area contributed by atoms with Crippen LogP contribution in [-0.2, 0) is 19.5 Å². The van der Waals surface area contributed by atoms with Gasteiger partial charge in [-0.3, -0.25) is 4.79 Å². The summed E-state index contributed by atoms with van der Waals surface area (Å²) in [5.74, 6) is 1.39. The third kappa shape index (κ3) is 4.47. The second kappa shape index (κ2) is 9.87. The first kappa shape index (κ1) is 22.5. The normalized spacial score (nSPS) is 11.2. The molecular formula is C25H30N6O2. The third-order valence-corrected chi connectivity index (χ3v) is 5.83. The van der Waals surface area contributed by atoms with E-state index in [2.05, 4.69) is 22.9 Å². The number of nitrogens with two attached hydrogens (primary N) is 2. The number of hydrogen-bond donors (Lipinski definition) is 3. The van der Waals surface area contributed by atoms with E-state index in [4.69, 9.17) is 26.2 Å². The van der Waals surface area contributed by atoms with E-state index in [0.717, 1.165) is 59.3 Å². The summed E-state index contributed by atoms with van der Waals surface area (Å²) in [4.78, 5) is 22.1. The molecule has 0 saturated heterocycles. The molecule has 0 bridgehead atoms. The summed E-state index contributed by atoms with van der Waals surface area (Å²) < 4.78 is 7.48. The highest BCUT2D eigenvalue weighted by molar-refractivity contribution is 6.03. The van der Waals surface area contributed by atoms with Gasteiger partial charge in [-0.1, -0.05) is 25.1 Å². The van der Waals surface area contributed by atoms with Crippen molar-refractivity contribution in [2.45, 2.75) is 39.3 Å². The predicted molar refractivity (Wildman–Crippen MR) is 131 cm³/mol. The molecule has 0 unspecified atom stereocenters. The van der Waals surface area contributed by atoms with Crippen molar-refractivity contribution < 1.29 is 9.53 Å². The molecule has 0 radical (unpaired) electrons. The smallest absolute Gasteiger partial charge is 0.251 e. The van der Waals surface area contributed by atoms with Crippen LogP contribution in [0.1, 0.15) is 41.6 Å². The lowest BCUT2D eigenvalue weighted by Crippen LogP contribution is -2.24. The Hall–Kier alpha value is -3.65. The maximum atomic E-state index is 12.5. The van der Waals surface area contributed by atoms with Gasteiger partial charge in [0.15, 0.2) is 0 Å². The van der Waals surface area contributed by atoms with Gasteiger partial charge in [-0.2, -0.15) is 0 Å². The van der Waals surface area contributed by atoms with Crippen molar-refractivity contribution in [2.75, 3.05) is 19.4 Å². The largest absolute Gasteiger partial charge is 0.495 e. The van der Waals surface area contributed by atoms with Crippen molar-refractivity contribution in [1.82, 2.24) is 19.9 Å². The summed E-state index contributed by atoms with van der Waals surface area (Å²) in [6, 6.07) is 13.1. The van der Waals surface area contributed by atoms with Crippen molar-refractivity contribution in [3.05, 3.63) is 59.5 Å². The fourth-order valence-electron chi connectivity index (χ4n) is 4.15. The number of ether oxygens (including phenoxy) is 1. The van der Waals surface area contributed by atoms with Crippen molar-refractivity contribution in [2.24, 2.45) is 5.73 Å². The van der Waals surface area contributed by atoms with E-state index in [1.807, 2.05) is 18.2 Å². The Kier molecular flexibility index (Phi) is 6.74. The van der Waals surface area contributed by atoms with Crippen molar-refractivity contribution in [3.63, 3.8) is 0 Å². The minimum absolute atomic E-state index is 0.139. The first-order valence-electron chi connectivity index (χ1n) is 11.3. The molecule has 0 aliphatic carbocycles. The SMILES string of the molecule is CCc1nc2c(CN)nc3ccccc3c2n1CCCCNC(=O)c1ccc(N)c(OC)c1. The van der Waals surface area contributed by atoms with Crippen LogP contribution >= 0.6 is 0 Å². The van der Waals surface area contributed by atoms with Gasteiger partial charge in [-0.15, -0.1) is 0 Å². The van der Waals surface area contributed by atoms with Crippen molar-refractivity contribution >= 4 is 33.5 Å². The summed E-state index contributed by atoms with van der Waals surface area (Å²) in [5, 5.41) is 4.06. The molecule has 33 heavy (non-hydrogen) atoms. The van der Waals surface area contributed by atoms with Gasteiger partial charge >= 0.3 is 0 Å². The number of hydrogen-bond acceptors (Lipinski definition) is 6. The average molecular weight is 447 g/mol. The van der Waals surface area contributed by atoms with Gasteiger partial charge in [0.1, 0.15) is 17.1 Å². The zero-order valence-corrected chi connectivity index (χ0v) is 19.1. The van der Waals surface area contributed by atoms with Gasteiger partial charge in [0, 0.05) is 37.0 Å². The second-order valence-corrected chi connectivity index (χ2v) is 7.93. The molecule has 8 heteroatoms. The van der Waals surface area contributed by atoms with Crippen LogP contribution in [0.25, 0.3) is 21.9 Å². The molecule has 2 heterocycles. The van der Waals surface area contributed by atoms with Crippen LogP contribution in [0.4, 0.5) is 5.69 Å². The van der Waals surface area contributed by atoms with Crippen LogP contribution < -0.4 is 21.5 Å². The van der Waals surface area contributed by atoms with E-state index in [-0.39, 0.29) is 5.91 Å². The highest BCUT2D eigenvalue weighted by Gasteiger charge is 2.17. The minimum atomic E-state index is -0.139. The molecule has 0 spiro atoms. The number of amides is 1. The number of anilines is 1. The summed E-state index contributed by atoms with van der Waals surface area (Å²) in [5.41, 5.74) is 16.6. The highest BCUT2D eigenvalue weighted by Crippen LogP contribution is 2.28. The Morgan fingerprint density at radius 1 is 1.15 bits per heavy atom. The van der Waals surface area contributed by atoms with E-state index in [1.165, 1.54) is 7.11 Å². The third-order valence-electron chi connectivity index (χ3n) is 5.83. The Morgan fingerprint density at radius 2 is 1.97 bits per heavy atom. The molecule has 0 saturated carbocycles. The maximum Gasteiger partial charge on any atom is 0.251 e. The Bertz CT molecular complexity index is 1300. The van der Waals surface area contributed by atoms with E-state index < -0.39 is 0 Å². The number of imidazole rings is 1. The average Bonchev–Trinajstić information content (AvgIpc) is 3.22. The van der Waals surface area contributed by atoms with Crippen LogP contribution in [0, 0.1) is 0 Å². The Morgan fingerprint density at radius 3 is 2.73 bits per heavy atom. The number of nitrogen functional groups attached to an aromatic ring is 1. The number of fused-ring (bicyclic) bond motifs is 3. The molecule has 2 aromatic carbocycles. The summed E-state index contributed by atoms with van der Waals surface area (Å²) >= 11 is 0. The molecule has 5 N–H and O–H groups in total. The number of nitrogens with zero attached hydrogens (tertiary/aromatic N) is 3. The lowest BCUT2D eigenvalue weighted by Gasteiger charge is -2.11. The van der Waals surface area contributed by atoms with E-state index in [1.54, 1.807) is 18.2 Å². The van der Waals surface area contributed by atoms with E-state index in [0.29, 0.717) is 30.1 Å². The second-order valence-electron chi connectivity index (χ2n) is 7.93. The molecule has 0 aliphatic heterocycles. The Balaban J connectivity index is 1.46. The number of benzene rings is 2. The number of pyridine rings is 1. The lowest BCUT2D eigenvalue weighted by atomic mass is 10.1. The van der Waals surface area contributed by atoms with Gasteiger partial charge in [0.05, 0.1) is 29.5 Å². The zero-order chi connectivity index (χ0) is 23.4. The fourth-order valence-corrected chi connectivity index (χ4v) is 4.15. The number of aryl methyl sites for hydroxylation is 2. The molecule has 2 aromatic heterocycles. The van der Waals surface area contributed by atoms with Crippen LogP contribution in [-0.4, -0.2) is 34.1 Å². The van der Waals surface area contributed by atoms with Crippen LogP contribution in [0.5, 0.6) is 5.75 Å². The first-order valence-corrected chi connectivity index (χ1v) is 11.3. The quantitative estimate of drug-likeness (QED) is 0.268. The van der Waals surface area contributed by atoms with Gasteiger partial charge < -0.3 is 26.1 Å². The molecule has 1 amide bonds. The first-order chi connectivity index (χ1) is 16.1. The standard InChI is InChI=1S/C25H30N6O2/c1-3-22-30-23-20(15-26)29-19-9-5-4-8-17(19)24(23)31(22)13-7-6-12-28-25(32)16-10-11-18(27)21(14-16)33-2/h4-5,8-11,14H,3,6-7,12-13,15,26-27H2,1-2H3,(H,28,32). The monoisotopic (exact) mass is 446 g/mol. The van der Waals surface area contributed by atoms with E-state index in [9.17, 15) is 4.79 Å². The number of carbonyl (C=O) groups is 1. The fraction of sp³-hybridized carbons (Fsp3) is 0.320. The van der Waals surface area contributed by atoms with Gasteiger partial charge in [-0.05, 0) is 37.1 Å². The summed E-state index contributed by atoms with van der Waals surface area (Å²) in [6.45, 7) is 3.85. The summed E-state index contributed by atoms with van der Waals surface area (Å²) in [6.07, 6.45) is 2.56. The molecule has 0 fully saturated rings. The molecule has 0 atom stereocenters. The number of unbranched alkanes of at least 4 members (excludes halogenated alkanes) is 1. The number of nitrogens with one attached hydrogen (secondary N) is 1. The van der Waals surface area contributed by atoms with Crippen LogP contribution in [0.3, 0.4) is 0 Å². The predicted octanol–water partition coefficient (Wildman–Crippen LogP) is 3.41. The number of aromatic nitrogens is 3. The minimum Gasteiger partial charge on any atom is -0.495 e. The van der Waals surface area contributed by atoms with Crippen molar-refractivity contribution in [3.8, 4) is 5.75 Å². The number of methoxy groups -OCH3 is 1. The van der Waals surface area contributed by atoms with Gasteiger partial charge in [-0.25, -0.2) is 9.97 Å². The lowest BCUT2D eigenvalue weighted by molar-refractivity contribution is 0.0952. The molecule has 172 valence electrons. The molecule has 4 aromatic rings. The zero-order valence-electron chi connectivity index (χ0n) is 19.1. The van der Waals surface area contributed by atoms with Crippen LogP contribution in [0.15, 0.2) is 42.5 Å². The Labute approximate surface area is 192 Å². The number of para-hydroxylation sites is 1.